The maximum atomic E-state index is 13.7. The number of ketones is 1. The molecule has 0 fully saturated rings. The highest BCUT2D eigenvalue weighted by atomic mass is 35.5. The van der Waals surface area contributed by atoms with Crippen LogP contribution in [-0.4, -0.2) is 15.6 Å². The molecule has 3 nitrogen and oxygen atoms in total. The highest BCUT2D eigenvalue weighted by molar-refractivity contribution is 6.34. The van der Waals surface area contributed by atoms with Crippen molar-refractivity contribution < 1.29 is 9.18 Å². The van der Waals surface area contributed by atoms with Crippen molar-refractivity contribution in [3.8, 4) is 0 Å². The van der Waals surface area contributed by atoms with E-state index >= 15 is 0 Å². The minimum atomic E-state index is -0.629. The fourth-order valence-corrected chi connectivity index (χ4v) is 2.40. The molecule has 2 rings (SSSR count). The SMILES string of the molecule is Cc1nn(C)c(Cl)c1CC(=O)c1c(F)cccc1Cl. The Labute approximate surface area is 119 Å². The molecule has 1 aromatic carbocycles. The number of Topliss-reactive ketones (excluding diaryl/α,β-unsaturated/α-hetero) is 1. The third kappa shape index (κ3) is 2.65. The quantitative estimate of drug-likeness (QED) is 0.812. The van der Waals surface area contributed by atoms with E-state index in [1.807, 2.05) is 0 Å². The molecule has 0 atom stereocenters. The Morgan fingerprint density at radius 3 is 2.63 bits per heavy atom. The summed E-state index contributed by atoms with van der Waals surface area (Å²) in [5, 5.41) is 4.58. The average Bonchev–Trinajstić information content (AvgIpc) is 2.56. The maximum absolute atomic E-state index is 13.7. The van der Waals surface area contributed by atoms with E-state index in [1.54, 1.807) is 14.0 Å². The highest BCUT2D eigenvalue weighted by Crippen LogP contribution is 2.24. The second-order valence-corrected chi connectivity index (χ2v) is 4.94. The molecule has 0 aliphatic rings. The lowest BCUT2D eigenvalue weighted by atomic mass is 10.0. The van der Waals surface area contributed by atoms with Gasteiger partial charge in [0.1, 0.15) is 11.0 Å². The molecule has 100 valence electrons. The van der Waals surface area contributed by atoms with Gasteiger partial charge >= 0.3 is 0 Å². The number of halogens is 3. The van der Waals surface area contributed by atoms with Gasteiger partial charge in [-0.3, -0.25) is 9.48 Å². The zero-order valence-electron chi connectivity index (χ0n) is 10.4. The van der Waals surface area contributed by atoms with Crippen LogP contribution in [0.15, 0.2) is 18.2 Å². The van der Waals surface area contributed by atoms with E-state index in [2.05, 4.69) is 5.10 Å². The van der Waals surface area contributed by atoms with E-state index in [4.69, 9.17) is 23.2 Å². The molecule has 0 aliphatic heterocycles. The standard InChI is InChI=1S/C13H11Cl2FN2O/c1-7-8(13(15)18(2)17-7)6-11(19)12-9(14)4-3-5-10(12)16/h3-5H,6H2,1-2H3. The van der Waals surface area contributed by atoms with E-state index < -0.39 is 11.6 Å². The Kier molecular flexibility index (Phi) is 3.92. The lowest BCUT2D eigenvalue weighted by molar-refractivity contribution is 0.0989. The monoisotopic (exact) mass is 300 g/mol. The van der Waals surface area contributed by atoms with Gasteiger partial charge in [0.2, 0.25) is 0 Å². The molecular formula is C13H11Cl2FN2O. The smallest absolute Gasteiger partial charge is 0.171 e. The Hall–Kier alpha value is -1.39. The number of aryl methyl sites for hydroxylation is 2. The van der Waals surface area contributed by atoms with Gasteiger partial charge in [-0.15, -0.1) is 0 Å². The van der Waals surface area contributed by atoms with Crippen molar-refractivity contribution >= 4 is 29.0 Å². The van der Waals surface area contributed by atoms with E-state index in [0.29, 0.717) is 16.4 Å². The summed E-state index contributed by atoms with van der Waals surface area (Å²) < 4.78 is 15.1. The molecule has 0 saturated heterocycles. The third-order valence-electron chi connectivity index (χ3n) is 2.85. The van der Waals surface area contributed by atoms with Gasteiger partial charge in [0.15, 0.2) is 5.78 Å². The van der Waals surface area contributed by atoms with E-state index in [9.17, 15) is 9.18 Å². The first-order valence-corrected chi connectivity index (χ1v) is 6.32. The largest absolute Gasteiger partial charge is 0.294 e. The maximum Gasteiger partial charge on any atom is 0.171 e. The lowest BCUT2D eigenvalue weighted by Crippen LogP contribution is -2.08. The molecule has 19 heavy (non-hydrogen) atoms. The van der Waals surface area contributed by atoms with Crippen molar-refractivity contribution in [3.63, 3.8) is 0 Å². The summed E-state index contributed by atoms with van der Waals surface area (Å²) in [6, 6.07) is 4.14. The topological polar surface area (TPSA) is 34.9 Å². The molecule has 0 saturated carbocycles. The molecule has 0 unspecified atom stereocenters. The van der Waals surface area contributed by atoms with E-state index in [1.165, 1.54) is 22.9 Å². The number of nitrogens with zero attached hydrogens (tertiary/aromatic N) is 2. The lowest BCUT2D eigenvalue weighted by Gasteiger charge is -2.05. The number of carbonyl (C=O) groups excluding carboxylic acids is 1. The molecule has 1 aromatic heterocycles. The Balaban J connectivity index is 2.36. The van der Waals surface area contributed by atoms with Gasteiger partial charge in [-0.1, -0.05) is 29.3 Å². The summed E-state index contributed by atoms with van der Waals surface area (Å²) in [5.41, 5.74) is 1.13. The van der Waals surface area contributed by atoms with Crippen LogP contribution >= 0.6 is 23.2 Å². The van der Waals surface area contributed by atoms with Gasteiger partial charge in [-0.2, -0.15) is 5.10 Å². The summed E-state index contributed by atoms with van der Waals surface area (Å²) in [6.07, 6.45) is -0.0286. The van der Waals surface area contributed by atoms with Gasteiger partial charge in [0.25, 0.3) is 0 Å². The summed E-state index contributed by atoms with van der Waals surface area (Å²) in [4.78, 5) is 12.1. The van der Waals surface area contributed by atoms with Gasteiger partial charge in [0, 0.05) is 19.0 Å². The van der Waals surface area contributed by atoms with Gasteiger partial charge in [0.05, 0.1) is 16.3 Å². The molecule has 0 N–H and O–H groups in total. The van der Waals surface area contributed by atoms with Crippen LogP contribution in [0.5, 0.6) is 0 Å². The molecule has 1 heterocycles. The van der Waals surface area contributed by atoms with Crippen LogP contribution < -0.4 is 0 Å². The summed E-state index contributed by atoms with van der Waals surface area (Å²) in [5.74, 6) is -1.05. The number of hydrogen-bond donors (Lipinski definition) is 0. The predicted octanol–water partition coefficient (Wildman–Crippen LogP) is 3.60. The minimum absolute atomic E-state index is 0.0286. The number of hydrogen-bond acceptors (Lipinski definition) is 2. The normalized spacial score (nSPS) is 10.8. The average molecular weight is 301 g/mol. The molecule has 0 spiro atoms. The van der Waals surface area contributed by atoms with Crippen molar-refractivity contribution in [1.29, 1.82) is 0 Å². The van der Waals surface area contributed by atoms with Crippen LogP contribution in [0.3, 0.4) is 0 Å². The number of carbonyl (C=O) groups is 1. The first kappa shape index (κ1) is 14.0. The van der Waals surface area contributed by atoms with Crippen molar-refractivity contribution in [2.45, 2.75) is 13.3 Å². The molecule has 0 radical (unpaired) electrons. The van der Waals surface area contributed by atoms with E-state index in [0.717, 1.165) is 0 Å². The van der Waals surface area contributed by atoms with Crippen LogP contribution in [0.25, 0.3) is 0 Å². The predicted molar refractivity (Wildman–Crippen MR) is 72.4 cm³/mol. The second-order valence-electron chi connectivity index (χ2n) is 4.17. The molecule has 0 bridgehead atoms. The number of aromatic nitrogens is 2. The van der Waals surface area contributed by atoms with Crippen LogP contribution in [0, 0.1) is 12.7 Å². The second kappa shape index (κ2) is 5.31. The molecule has 0 aliphatic carbocycles. The third-order valence-corrected chi connectivity index (χ3v) is 3.64. The number of benzene rings is 1. The fourth-order valence-electron chi connectivity index (χ4n) is 1.89. The highest BCUT2D eigenvalue weighted by Gasteiger charge is 2.20. The zero-order valence-corrected chi connectivity index (χ0v) is 11.9. The summed E-state index contributed by atoms with van der Waals surface area (Å²) in [7, 11) is 1.68. The first-order chi connectivity index (χ1) is 8.91. The van der Waals surface area contributed by atoms with Crippen LogP contribution in [0.4, 0.5) is 4.39 Å². The van der Waals surface area contributed by atoms with Crippen LogP contribution in [-0.2, 0) is 13.5 Å². The van der Waals surface area contributed by atoms with Crippen molar-refractivity contribution in [3.05, 3.63) is 51.0 Å². The van der Waals surface area contributed by atoms with E-state index in [-0.39, 0.29) is 17.0 Å². The molecule has 2 aromatic rings. The zero-order chi connectivity index (χ0) is 14.2. The Morgan fingerprint density at radius 1 is 1.42 bits per heavy atom. The van der Waals surface area contributed by atoms with Crippen molar-refractivity contribution in [1.82, 2.24) is 9.78 Å². The van der Waals surface area contributed by atoms with Gasteiger partial charge in [-0.05, 0) is 19.1 Å². The first-order valence-electron chi connectivity index (χ1n) is 5.57. The fraction of sp³-hybridized carbons (Fsp3) is 0.231. The Bertz CT molecular complexity index is 632. The van der Waals surface area contributed by atoms with Gasteiger partial charge in [-0.25, -0.2) is 4.39 Å². The number of rotatable bonds is 3. The summed E-state index contributed by atoms with van der Waals surface area (Å²) >= 11 is 11.9. The summed E-state index contributed by atoms with van der Waals surface area (Å²) in [6.45, 7) is 1.75. The Morgan fingerprint density at radius 2 is 2.11 bits per heavy atom. The van der Waals surface area contributed by atoms with Crippen LogP contribution in [0.2, 0.25) is 10.2 Å². The van der Waals surface area contributed by atoms with Crippen molar-refractivity contribution in [2.75, 3.05) is 0 Å². The van der Waals surface area contributed by atoms with Crippen LogP contribution in [0.1, 0.15) is 21.6 Å². The molecule has 6 heteroatoms. The van der Waals surface area contributed by atoms with Crippen molar-refractivity contribution in [2.24, 2.45) is 7.05 Å². The minimum Gasteiger partial charge on any atom is -0.294 e. The molecular weight excluding hydrogens is 290 g/mol. The van der Waals surface area contributed by atoms with Gasteiger partial charge < -0.3 is 0 Å². The molecule has 0 amide bonds.